The normalized spacial score (nSPS) is 19.6. The van der Waals surface area contributed by atoms with Gasteiger partial charge in [-0.25, -0.2) is 0 Å². The van der Waals surface area contributed by atoms with Gasteiger partial charge in [0.1, 0.15) is 6.04 Å². The van der Waals surface area contributed by atoms with Gasteiger partial charge in [-0.3, -0.25) is 9.69 Å². The van der Waals surface area contributed by atoms with Gasteiger partial charge in [0.25, 0.3) is 5.89 Å². The molecular weight excluding hydrogens is 290 g/mol. The molecule has 0 bridgehead atoms. The van der Waals surface area contributed by atoms with E-state index in [0.29, 0.717) is 24.9 Å². The van der Waals surface area contributed by atoms with E-state index in [1.165, 1.54) is 0 Å². The van der Waals surface area contributed by atoms with E-state index in [1.54, 1.807) is 18.4 Å². The van der Waals surface area contributed by atoms with Crippen LogP contribution in [0.15, 0.2) is 21.9 Å². The summed E-state index contributed by atoms with van der Waals surface area (Å²) in [6.45, 7) is 2.73. The van der Waals surface area contributed by atoms with Crippen molar-refractivity contribution in [1.29, 1.82) is 0 Å². The third-order valence-corrected chi connectivity index (χ3v) is 4.30. The highest BCUT2D eigenvalue weighted by molar-refractivity contribution is 7.13. The maximum atomic E-state index is 11.9. The molecule has 1 unspecified atom stereocenters. The molecule has 0 spiro atoms. The number of nitrogens with zero attached hydrogens (tertiary/aromatic N) is 3. The smallest absolute Gasteiger partial charge is 0.257 e. The molecule has 0 aromatic carbocycles. The van der Waals surface area contributed by atoms with Crippen LogP contribution < -0.4 is 10.6 Å². The molecule has 1 amide bonds. The van der Waals surface area contributed by atoms with E-state index in [1.807, 2.05) is 17.5 Å². The van der Waals surface area contributed by atoms with Crippen LogP contribution in [0.25, 0.3) is 10.8 Å². The first-order valence-electron chi connectivity index (χ1n) is 6.80. The number of piperazine rings is 1. The summed E-state index contributed by atoms with van der Waals surface area (Å²) < 4.78 is 5.69. The van der Waals surface area contributed by atoms with Gasteiger partial charge in [0.2, 0.25) is 11.8 Å². The molecule has 0 saturated carbocycles. The summed E-state index contributed by atoms with van der Waals surface area (Å²) >= 11 is 1.56. The molecule has 3 rings (SSSR count). The number of amides is 1. The lowest BCUT2D eigenvalue weighted by atomic mass is 10.2. The molecule has 112 valence electrons. The number of hydrogen-bond donors (Lipinski definition) is 2. The Kier molecular flexibility index (Phi) is 4.28. The van der Waals surface area contributed by atoms with E-state index >= 15 is 0 Å². The molecule has 1 aliphatic heterocycles. The van der Waals surface area contributed by atoms with E-state index in [4.69, 9.17) is 4.42 Å². The van der Waals surface area contributed by atoms with E-state index in [9.17, 15) is 4.79 Å². The second kappa shape index (κ2) is 6.33. The lowest BCUT2D eigenvalue weighted by Gasteiger charge is -2.33. The summed E-state index contributed by atoms with van der Waals surface area (Å²) in [5.74, 6) is 1.07. The van der Waals surface area contributed by atoms with Crippen LogP contribution in [0.3, 0.4) is 0 Å². The highest BCUT2D eigenvalue weighted by Gasteiger charge is 2.29. The summed E-state index contributed by atoms with van der Waals surface area (Å²) in [4.78, 5) is 14.9. The number of thiophene rings is 1. The first-order valence-corrected chi connectivity index (χ1v) is 7.68. The van der Waals surface area contributed by atoms with Crippen molar-refractivity contribution in [2.24, 2.45) is 0 Å². The topological polar surface area (TPSA) is 83.3 Å². The monoisotopic (exact) mass is 307 g/mol. The van der Waals surface area contributed by atoms with Gasteiger partial charge < -0.3 is 15.1 Å². The Balaban J connectivity index is 1.71. The second-order valence-corrected chi connectivity index (χ2v) is 5.73. The number of aromatic nitrogens is 2. The number of nitrogens with one attached hydrogen (secondary N) is 2. The van der Waals surface area contributed by atoms with Crippen molar-refractivity contribution < 1.29 is 9.21 Å². The van der Waals surface area contributed by atoms with E-state index in [-0.39, 0.29) is 11.9 Å². The SMILES string of the molecule is CNC(=O)C1CNCCN1Cc1nnc(-c2cccs2)o1. The average Bonchev–Trinajstić information content (AvgIpc) is 3.18. The van der Waals surface area contributed by atoms with Crippen LogP contribution >= 0.6 is 11.3 Å². The molecular formula is C13H17N5O2S. The van der Waals surface area contributed by atoms with Crippen molar-refractivity contribution in [3.05, 3.63) is 23.4 Å². The molecule has 3 heterocycles. The van der Waals surface area contributed by atoms with Crippen molar-refractivity contribution in [2.75, 3.05) is 26.7 Å². The highest BCUT2D eigenvalue weighted by Crippen LogP contribution is 2.23. The standard InChI is InChI=1S/C13H17N5O2S/c1-14-12(19)9-7-15-4-5-18(9)8-11-16-17-13(20-11)10-3-2-6-21-10/h2-3,6,9,15H,4-5,7-8H2,1H3,(H,14,19). The number of likely N-dealkylation sites (N-methyl/N-ethyl adjacent to an activating group) is 1. The molecule has 2 aromatic heterocycles. The van der Waals surface area contributed by atoms with Gasteiger partial charge in [-0.05, 0) is 11.4 Å². The Morgan fingerprint density at radius 3 is 3.29 bits per heavy atom. The van der Waals surface area contributed by atoms with Crippen LogP contribution in [0.1, 0.15) is 5.89 Å². The zero-order valence-electron chi connectivity index (χ0n) is 11.7. The van der Waals surface area contributed by atoms with Crippen LogP contribution in [0.4, 0.5) is 0 Å². The predicted octanol–water partition coefficient (Wildman–Crippen LogP) is 0.318. The Labute approximate surface area is 126 Å². The molecule has 2 aromatic rings. The average molecular weight is 307 g/mol. The van der Waals surface area contributed by atoms with Gasteiger partial charge >= 0.3 is 0 Å². The number of carbonyl (C=O) groups excluding carboxylic acids is 1. The third kappa shape index (κ3) is 3.12. The first kappa shape index (κ1) is 14.2. The maximum absolute atomic E-state index is 11.9. The van der Waals surface area contributed by atoms with Crippen LogP contribution in [0, 0.1) is 0 Å². The molecule has 0 radical (unpaired) electrons. The number of hydrogen-bond acceptors (Lipinski definition) is 7. The zero-order chi connectivity index (χ0) is 14.7. The minimum Gasteiger partial charge on any atom is -0.419 e. The summed E-state index contributed by atoms with van der Waals surface area (Å²) in [5.41, 5.74) is 0. The first-order chi connectivity index (χ1) is 10.3. The van der Waals surface area contributed by atoms with Crippen LogP contribution in [0.2, 0.25) is 0 Å². The lowest BCUT2D eigenvalue weighted by molar-refractivity contribution is -0.126. The summed E-state index contributed by atoms with van der Waals surface area (Å²) in [6, 6.07) is 3.68. The van der Waals surface area contributed by atoms with Gasteiger partial charge in [0.05, 0.1) is 11.4 Å². The minimum atomic E-state index is -0.208. The quantitative estimate of drug-likeness (QED) is 0.846. The Morgan fingerprint density at radius 1 is 1.62 bits per heavy atom. The molecule has 1 saturated heterocycles. The van der Waals surface area contributed by atoms with Crippen molar-refractivity contribution in [2.45, 2.75) is 12.6 Å². The van der Waals surface area contributed by atoms with E-state index in [0.717, 1.165) is 18.0 Å². The fourth-order valence-corrected chi connectivity index (χ4v) is 3.00. The Morgan fingerprint density at radius 2 is 2.52 bits per heavy atom. The largest absolute Gasteiger partial charge is 0.419 e. The van der Waals surface area contributed by atoms with Gasteiger partial charge in [-0.15, -0.1) is 21.5 Å². The van der Waals surface area contributed by atoms with E-state index < -0.39 is 0 Å². The molecule has 0 aliphatic carbocycles. The van der Waals surface area contributed by atoms with Crippen molar-refractivity contribution in [3.8, 4) is 10.8 Å². The van der Waals surface area contributed by atoms with Crippen molar-refractivity contribution >= 4 is 17.2 Å². The van der Waals surface area contributed by atoms with Crippen LogP contribution in [-0.2, 0) is 11.3 Å². The Bertz CT molecular complexity index is 597. The summed E-state index contributed by atoms with van der Waals surface area (Å²) in [6.07, 6.45) is 0. The molecule has 1 atom stereocenters. The number of rotatable bonds is 4. The van der Waals surface area contributed by atoms with Crippen LogP contribution in [-0.4, -0.2) is 53.7 Å². The van der Waals surface area contributed by atoms with Crippen molar-refractivity contribution in [3.63, 3.8) is 0 Å². The predicted molar refractivity (Wildman–Crippen MR) is 78.7 cm³/mol. The Hall–Kier alpha value is -1.77. The zero-order valence-corrected chi connectivity index (χ0v) is 12.5. The maximum Gasteiger partial charge on any atom is 0.257 e. The minimum absolute atomic E-state index is 0.000181. The molecule has 2 N–H and O–H groups in total. The molecule has 21 heavy (non-hydrogen) atoms. The molecule has 1 aliphatic rings. The molecule has 8 heteroatoms. The van der Waals surface area contributed by atoms with Crippen molar-refractivity contribution in [1.82, 2.24) is 25.7 Å². The van der Waals surface area contributed by atoms with Gasteiger partial charge in [0.15, 0.2) is 0 Å². The fraction of sp³-hybridized carbons (Fsp3) is 0.462. The summed E-state index contributed by atoms with van der Waals surface area (Å²) in [5, 5.41) is 16.0. The third-order valence-electron chi connectivity index (χ3n) is 3.44. The lowest BCUT2D eigenvalue weighted by Crippen LogP contribution is -2.56. The van der Waals surface area contributed by atoms with Gasteiger partial charge in [-0.1, -0.05) is 6.07 Å². The van der Waals surface area contributed by atoms with E-state index in [2.05, 4.69) is 25.7 Å². The summed E-state index contributed by atoms with van der Waals surface area (Å²) in [7, 11) is 1.65. The van der Waals surface area contributed by atoms with Gasteiger partial charge in [0, 0.05) is 26.7 Å². The number of carbonyl (C=O) groups is 1. The second-order valence-electron chi connectivity index (χ2n) is 4.78. The molecule has 7 nitrogen and oxygen atoms in total. The van der Waals surface area contributed by atoms with Gasteiger partial charge in [-0.2, -0.15) is 0 Å². The fourth-order valence-electron chi connectivity index (χ4n) is 2.35. The molecule has 1 fully saturated rings. The van der Waals surface area contributed by atoms with Crippen LogP contribution in [0.5, 0.6) is 0 Å². The highest BCUT2D eigenvalue weighted by atomic mass is 32.1.